The van der Waals surface area contributed by atoms with Gasteiger partial charge < -0.3 is 19.9 Å². The monoisotopic (exact) mass is 493 g/mol. The number of hydrogen-bond acceptors (Lipinski definition) is 5. The van der Waals surface area contributed by atoms with Gasteiger partial charge in [-0.2, -0.15) is 0 Å². The van der Waals surface area contributed by atoms with Crippen LogP contribution in [0.2, 0.25) is 0 Å². The Morgan fingerprint density at radius 2 is 1.81 bits per heavy atom. The number of carbonyl (C=O) groups is 1. The Morgan fingerprint density at radius 3 is 2.50 bits per heavy atom. The molecule has 1 aliphatic rings. The molecule has 36 heavy (non-hydrogen) atoms. The SMILES string of the molecule is CCOC(=O)CCC=Cc1ccccc1[C@@H](C)OC[C@H](O)CNC(C)(C)CC1Cc2ccccc2C1. The molecule has 2 N–H and O–H groups in total. The molecule has 1 aliphatic carbocycles. The van der Waals surface area contributed by atoms with E-state index in [0.717, 1.165) is 30.4 Å². The molecule has 2 aromatic rings. The number of aliphatic hydroxyl groups is 1. The fourth-order valence-corrected chi connectivity index (χ4v) is 5.06. The molecule has 0 radical (unpaired) electrons. The summed E-state index contributed by atoms with van der Waals surface area (Å²) in [6, 6.07) is 16.8. The highest BCUT2D eigenvalue weighted by Crippen LogP contribution is 2.32. The van der Waals surface area contributed by atoms with Crippen molar-refractivity contribution < 1.29 is 19.4 Å². The van der Waals surface area contributed by atoms with E-state index in [1.807, 2.05) is 50.3 Å². The van der Waals surface area contributed by atoms with Crippen LogP contribution >= 0.6 is 0 Å². The fraction of sp³-hybridized carbons (Fsp3) is 0.516. The summed E-state index contributed by atoms with van der Waals surface area (Å²) in [5, 5.41) is 14.2. The molecule has 2 aromatic carbocycles. The smallest absolute Gasteiger partial charge is 0.306 e. The normalized spacial score (nSPS) is 15.7. The minimum atomic E-state index is -0.584. The van der Waals surface area contributed by atoms with Crippen molar-refractivity contribution in [3.8, 4) is 0 Å². The van der Waals surface area contributed by atoms with Gasteiger partial charge in [0, 0.05) is 18.5 Å². The second kappa shape index (κ2) is 13.7. The van der Waals surface area contributed by atoms with Crippen molar-refractivity contribution in [2.45, 2.75) is 77.5 Å². The van der Waals surface area contributed by atoms with Crippen molar-refractivity contribution in [3.63, 3.8) is 0 Å². The van der Waals surface area contributed by atoms with Gasteiger partial charge in [-0.3, -0.25) is 4.79 Å². The lowest BCUT2D eigenvalue weighted by molar-refractivity contribution is -0.142. The maximum atomic E-state index is 11.5. The van der Waals surface area contributed by atoms with E-state index in [-0.39, 0.29) is 24.2 Å². The van der Waals surface area contributed by atoms with Crippen LogP contribution in [0.4, 0.5) is 0 Å². The predicted molar refractivity (Wildman–Crippen MR) is 146 cm³/mol. The molecule has 0 spiro atoms. The Hall–Kier alpha value is -2.47. The zero-order valence-electron chi connectivity index (χ0n) is 22.3. The summed E-state index contributed by atoms with van der Waals surface area (Å²) in [6.45, 7) is 9.43. The van der Waals surface area contributed by atoms with Crippen LogP contribution in [-0.2, 0) is 27.1 Å². The molecule has 2 atom stereocenters. The molecule has 0 fully saturated rings. The van der Waals surface area contributed by atoms with Gasteiger partial charge in [-0.25, -0.2) is 0 Å². The van der Waals surface area contributed by atoms with Gasteiger partial charge in [-0.15, -0.1) is 0 Å². The number of ether oxygens (including phenoxy) is 2. The quantitative estimate of drug-likeness (QED) is 0.333. The first-order valence-electron chi connectivity index (χ1n) is 13.3. The number of nitrogens with one attached hydrogen (secondary N) is 1. The van der Waals surface area contributed by atoms with Crippen molar-refractivity contribution in [2.75, 3.05) is 19.8 Å². The Bertz CT molecular complexity index is 975. The van der Waals surface area contributed by atoms with Gasteiger partial charge >= 0.3 is 5.97 Å². The zero-order valence-corrected chi connectivity index (χ0v) is 22.3. The van der Waals surface area contributed by atoms with Crippen molar-refractivity contribution in [1.82, 2.24) is 5.32 Å². The summed E-state index contributed by atoms with van der Waals surface area (Å²) >= 11 is 0. The molecule has 0 aliphatic heterocycles. The van der Waals surface area contributed by atoms with E-state index in [0.29, 0.717) is 31.9 Å². The first-order valence-corrected chi connectivity index (χ1v) is 13.3. The molecule has 0 amide bonds. The minimum Gasteiger partial charge on any atom is -0.466 e. The van der Waals surface area contributed by atoms with Gasteiger partial charge in [-0.05, 0) is 81.5 Å². The van der Waals surface area contributed by atoms with E-state index < -0.39 is 6.10 Å². The molecule has 0 bridgehead atoms. The van der Waals surface area contributed by atoms with E-state index in [1.165, 1.54) is 11.1 Å². The van der Waals surface area contributed by atoms with Gasteiger partial charge in [0.05, 0.1) is 25.4 Å². The van der Waals surface area contributed by atoms with Crippen molar-refractivity contribution in [3.05, 3.63) is 76.9 Å². The Labute approximate surface area is 216 Å². The molecule has 0 saturated heterocycles. The Morgan fingerprint density at radius 1 is 1.14 bits per heavy atom. The summed E-state index contributed by atoms with van der Waals surface area (Å²) in [7, 11) is 0. The molecule has 0 unspecified atom stereocenters. The number of benzene rings is 2. The third-order valence-electron chi connectivity index (χ3n) is 6.84. The number of carbonyl (C=O) groups excluding carboxylic acids is 1. The second-order valence-corrected chi connectivity index (χ2v) is 10.5. The highest BCUT2D eigenvalue weighted by Gasteiger charge is 2.28. The summed E-state index contributed by atoms with van der Waals surface area (Å²) in [4.78, 5) is 11.5. The number of allylic oxidation sites excluding steroid dienone is 1. The van der Waals surface area contributed by atoms with Gasteiger partial charge in [0.15, 0.2) is 0 Å². The third-order valence-corrected chi connectivity index (χ3v) is 6.84. The van der Waals surface area contributed by atoms with Gasteiger partial charge in [-0.1, -0.05) is 60.7 Å². The van der Waals surface area contributed by atoms with Crippen LogP contribution in [0.3, 0.4) is 0 Å². The number of fused-ring (bicyclic) bond motifs is 1. The van der Waals surface area contributed by atoms with Crippen LogP contribution in [-0.4, -0.2) is 42.5 Å². The van der Waals surface area contributed by atoms with E-state index in [4.69, 9.17) is 9.47 Å². The fourth-order valence-electron chi connectivity index (χ4n) is 5.06. The van der Waals surface area contributed by atoms with E-state index in [1.54, 1.807) is 0 Å². The minimum absolute atomic E-state index is 0.0553. The summed E-state index contributed by atoms with van der Waals surface area (Å²) < 4.78 is 11.0. The van der Waals surface area contributed by atoms with E-state index in [2.05, 4.69) is 43.4 Å². The average Bonchev–Trinajstić information content (AvgIpc) is 3.26. The Balaban J connectivity index is 1.42. The largest absolute Gasteiger partial charge is 0.466 e. The van der Waals surface area contributed by atoms with Crippen LogP contribution in [0, 0.1) is 5.92 Å². The van der Waals surface area contributed by atoms with Crippen LogP contribution in [0.5, 0.6) is 0 Å². The first-order chi connectivity index (χ1) is 17.3. The second-order valence-electron chi connectivity index (χ2n) is 10.5. The number of hydrogen-bond donors (Lipinski definition) is 2. The third kappa shape index (κ3) is 8.88. The van der Waals surface area contributed by atoms with Gasteiger partial charge in [0.25, 0.3) is 0 Å². The van der Waals surface area contributed by atoms with Gasteiger partial charge in [0.2, 0.25) is 0 Å². The van der Waals surface area contributed by atoms with Gasteiger partial charge in [0.1, 0.15) is 0 Å². The maximum absolute atomic E-state index is 11.5. The molecule has 0 heterocycles. The number of esters is 1. The average molecular weight is 494 g/mol. The maximum Gasteiger partial charge on any atom is 0.306 e. The topological polar surface area (TPSA) is 67.8 Å². The first kappa shape index (κ1) is 28.1. The van der Waals surface area contributed by atoms with Crippen molar-refractivity contribution >= 4 is 12.0 Å². The summed E-state index contributed by atoms with van der Waals surface area (Å²) in [5.74, 6) is 0.464. The van der Waals surface area contributed by atoms with Crippen molar-refractivity contribution in [2.24, 2.45) is 5.92 Å². The number of β-amino-alcohol motifs (C(OH)–C–C–N with tert-alkyl or cyclic N) is 1. The van der Waals surface area contributed by atoms with E-state index >= 15 is 0 Å². The molecule has 5 nitrogen and oxygen atoms in total. The molecule has 196 valence electrons. The van der Waals surface area contributed by atoms with Crippen molar-refractivity contribution in [1.29, 1.82) is 0 Å². The molecule has 0 aromatic heterocycles. The van der Waals surface area contributed by atoms with Crippen LogP contribution in [0.15, 0.2) is 54.6 Å². The molecule has 0 saturated carbocycles. The lowest BCUT2D eigenvalue weighted by atomic mass is 9.88. The highest BCUT2D eigenvalue weighted by atomic mass is 16.5. The molecule has 3 rings (SSSR count). The number of aliphatic hydroxyl groups excluding tert-OH is 1. The molecular weight excluding hydrogens is 450 g/mol. The molecular formula is C31H43NO4. The predicted octanol–water partition coefficient (Wildman–Crippen LogP) is 5.65. The van der Waals surface area contributed by atoms with Crippen LogP contribution in [0.1, 0.15) is 75.3 Å². The number of rotatable bonds is 14. The summed E-state index contributed by atoms with van der Waals surface area (Å²) in [5.41, 5.74) is 5.02. The summed E-state index contributed by atoms with van der Waals surface area (Å²) in [6.07, 6.45) is 7.64. The lowest BCUT2D eigenvalue weighted by Crippen LogP contribution is -2.45. The standard InChI is InChI=1S/C31H43NO4/c1-5-35-30(34)17-11-9-13-25-12-8-10-16-29(25)23(2)36-22-28(33)21-32-31(3,4)20-24-18-26-14-6-7-15-27(26)19-24/h6-10,12-16,23-24,28,32-33H,5,11,17-22H2,1-4H3/t23-,28-/m1/s1. The van der Waals surface area contributed by atoms with Crippen LogP contribution < -0.4 is 5.32 Å². The van der Waals surface area contributed by atoms with Crippen LogP contribution in [0.25, 0.3) is 6.08 Å². The van der Waals surface area contributed by atoms with E-state index in [9.17, 15) is 9.90 Å². The molecule has 5 heteroatoms. The highest BCUT2D eigenvalue weighted by molar-refractivity contribution is 5.69. The lowest BCUT2D eigenvalue weighted by Gasteiger charge is -2.31. The zero-order chi connectivity index (χ0) is 26.0. The Kier molecular flexibility index (Phi) is 10.7.